The van der Waals surface area contributed by atoms with Crippen LogP contribution in [0.2, 0.25) is 0 Å². The van der Waals surface area contributed by atoms with Gasteiger partial charge in [-0.25, -0.2) is 4.98 Å². The second-order valence-corrected chi connectivity index (χ2v) is 8.68. The Morgan fingerprint density at radius 1 is 1.31 bits per heavy atom. The zero-order chi connectivity index (χ0) is 18.7. The molecule has 3 rings (SSSR count). The van der Waals surface area contributed by atoms with E-state index in [1.807, 2.05) is 0 Å². The number of hydrogen-bond acceptors (Lipinski definition) is 6. The Morgan fingerprint density at radius 3 is 2.81 bits per heavy atom. The number of thiophene rings is 1. The molecule has 0 saturated heterocycles. The molecule has 0 aliphatic heterocycles. The van der Waals surface area contributed by atoms with Gasteiger partial charge in [-0.05, 0) is 37.2 Å². The van der Waals surface area contributed by atoms with Crippen molar-refractivity contribution < 1.29 is 9.84 Å². The number of aryl methyl sites for hydroxylation is 2. The van der Waals surface area contributed by atoms with Crippen LogP contribution in [0.4, 0.5) is 0 Å². The first-order valence-corrected chi connectivity index (χ1v) is 10.2. The maximum atomic E-state index is 12.7. The molecule has 2 aromatic rings. The van der Waals surface area contributed by atoms with Gasteiger partial charge in [0.1, 0.15) is 10.7 Å². The SMILES string of the molecule is COC[C@@H](O)CN(Cc1nc2sc3c(c2c(=O)[nH]1)CCCC3)CC(C)C. The average molecular weight is 380 g/mol. The van der Waals surface area contributed by atoms with E-state index in [1.54, 1.807) is 18.4 Å². The second kappa shape index (κ2) is 8.61. The summed E-state index contributed by atoms with van der Waals surface area (Å²) >= 11 is 1.67. The Kier molecular flexibility index (Phi) is 6.45. The number of nitrogens with zero attached hydrogens (tertiary/aromatic N) is 2. The summed E-state index contributed by atoms with van der Waals surface area (Å²) in [5.74, 6) is 1.13. The van der Waals surface area contributed by atoms with Crippen molar-refractivity contribution >= 4 is 21.6 Å². The molecule has 1 aliphatic rings. The van der Waals surface area contributed by atoms with Gasteiger partial charge in [0, 0.05) is 25.1 Å². The van der Waals surface area contributed by atoms with E-state index >= 15 is 0 Å². The van der Waals surface area contributed by atoms with E-state index in [1.165, 1.54) is 16.9 Å². The van der Waals surface area contributed by atoms with Gasteiger partial charge in [0.2, 0.25) is 0 Å². The highest BCUT2D eigenvalue weighted by Crippen LogP contribution is 2.33. The molecule has 6 nitrogen and oxygen atoms in total. The smallest absolute Gasteiger partial charge is 0.259 e. The molecule has 0 saturated carbocycles. The van der Waals surface area contributed by atoms with Crippen LogP contribution in [0.3, 0.4) is 0 Å². The number of fused-ring (bicyclic) bond motifs is 3. The third-order valence-electron chi connectivity index (χ3n) is 4.70. The number of H-pyrrole nitrogens is 1. The first-order chi connectivity index (χ1) is 12.5. The quantitative estimate of drug-likeness (QED) is 0.736. The average Bonchev–Trinajstić information content (AvgIpc) is 2.92. The summed E-state index contributed by atoms with van der Waals surface area (Å²) < 4.78 is 5.03. The molecule has 0 amide bonds. The molecule has 0 spiro atoms. The fourth-order valence-electron chi connectivity index (χ4n) is 3.76. The minimum absolute atomic E-state index is 0.0219. The molecule has 0 unspecified atom stereocenters. The van der Waals surface area contributed by atoms with E-state index in [9.17, 15) is 9.90 Å². The summed E-state index contributed by atoms with van der Waals surface area (Å²) in [6, 6.07) is 0. The molecule has 144 valence electrons. The molecular weight excluding hydrogens is 350 g/mol. The zero-order valence-electron chi connectivity index (χ0n) is 15.9. The molecule has 0 bridgehead atoms. The highest BCUT2D eigenvalue weighted by atomic mass is 32.1. The maximum absolute atomic E-state index is 12.7. The van der Waals surface area contributed by atoms with Gasteiger partial charge in [0.15, 0.2) is 0 Å². The predicted octanol–water partition coefficient (Wildman–Crippen LogP) is 2.33. The summed E-state index contributed by atoms with van der Waals surface area (Å²) in [5.41, 5.74) is 1.19. The monoisotopic (exact) mass is 379 g/mol. The Balaban J connectivity index is 1.84. The van der Waals surface area contributed by atoms with Crippen LogP contribution in [0.1, 0.15) is 43.0 Å². The van der Waals surface area contributed by atoms with Crippen molar-refractivity contribution in [2.75, 3.05) is 26.8 Å². The fourth-order valence-corrected chi connectivity index (χ4v) is 5.04. The van der Waals surface area contributed by atoms with Crippen LogP contribution in [0.25, 0.3) is 10.2 Å². The van der Waals surface area contributed by atoms with Gasteiger partial charge >= 0.3 is 0 Å². The Bertz CT molecular complexity index is 799. The Morgan fingerprint density at radius 2 is 2.08 bits per heavy atom. The van der Waals surface area contributed by atoms with Crippen molar-refractivity contribution in [2.45, 2.75) is 52.2 Å². The van der Waals surface area contributed by atoms with Crippen molar-refractivity contribution in [3.05, 3.63) is 26.6 Å². The van der Waals surface area contributed by atoms with Gasteiger partial charge in [-0.2, -0.15) is 0 Å². The van der Waals surface area contributed by atoms with Crippen molar-refractivity contribution in [2.24, 2.45) is 5.92 Å². The third-order valence-corrected chi connectivity index (χ3v) is 5.88. The lowest BCUT2D eigenvalue weighted by molar-refractivity contribution is 0.0325. The van der Waals surface area contributed by atoms with Crippen LogP contribution in [-0.2, 0) is 24.1 Å². The van der Waals surface area contributed by atoms with E-state index in [2.05, 4.69) is 23.7 Å². The molecule has 0 fully saturated rings. The predicted molar refractivity (Wildman–Crippen MR) is 105 cm³/mol. The van der Waals surface area contributed by atoms with Crippen LogP contribution in [0.5, 0.6) is 0 Å². The van der Waals surface area contributed by atoms with Crippen molar-refractivity contribution in [1.29, 1.82) is 0 Å². The molecule has 26 heavy (non-hydrogen) atoms. The number of ether oxygens (including phenoxy) is 1. The summed E-state index contributed by atoms with van der Waals surface area (Å²) in [6.45, 7) is 6.42. The summed E-state index contributed by atoms with van der Waals surface area (Å²) in [6.07, 6.45) is 3.85. The molecule has 1 atom stereocenters. The topological polar surface area (TPSA) is 78.5 Å². The van der Waals surface area contributed by atoms with Crippen LogP contribution in [-0.4, -0.2) is 52.9 Å². The maximum Gasteiger partial charge on any atom is 0.259 e. The molecule has 1 aliphatic carbocycles. The van der Waals surface area contributed by atoms with Gasteiger partial charge in [-0.15, -0.1) is 11.3 Å². The highest BCUT2D eigenvalue weighted by molar-refractivity contribution is 7.18. The van der Waals surface area contributed by atoms with Crippen molar-refractivity contribution in [3.63, 3.8) is 0 Å². The van der Waals surface area contributed by atoms with Gasteiger partial charge < -0.3 is 14.8 Å². The highest BCUT2D eigenvalue weighted by Gasteiger charge is 2.21. The molecule has 2 heterocycles. The molecule has 7 heteroatoms. The normalized spacial score (nSPS) is 15.8. The van der Waals surface area contributed by atoms with E-state index in [0.717, 1.165) is 36.0 Å². The molecule has 0 aromatic carbocycles. The van der Waals surface area contributed by atoms with Gasteiger partial charge in [0.05, 0.1) is 24.6 Å². The summed E-state index contributed by atoms with van der Waals surface area (Å²) in [4.78, 5) is 24.7. The Labute approximate surface area is 158 Å². The molecule has 0 radical (unpaired) electrons. The molecule has 2 aromatic heterocycles. The number of nitrogens with one attached hydrogen (secondary N) is 1. The lowest BCUT2D eigenvalue weighted by Gasteiger charge is -2.26. The van der Waals surface area contributed by atoms with Gasteiger partial charge in [-0.1, -0.05) is 13.8 Å². The Hall–Kier alpha value is -1.28. The van der Waals surface area contributed by atoms with Crippen molar-refractivity contribution in [3.8, 4) is 0 Å². The zero-order valence-corrected chi connectivity index (χ0v) is 16.7. The number of aromatic amines is 1. The number of aromatic nitrogens is 2. The number of hydrogen-bond donors (Lipinski definition) is 2. The van der Waals surface area contributed by atoms with Gasteiger partial charge in [-0.3, -0.25) is 9.69 Å². The van der Waals surface area contributed by atoms with E-state index in [0.29, 0.717) is 31.4 Å². The van der Waals surface area contributed by atoms with Crippen LogP contribution in [0.15, 0.2) is 4.79 Å². The lowest BCUT2D eigenvalue weighted by Crippen LogP contribution is -2.37. The fraction of sp³-hybridized carbons (Fsp3) is 0.684. The number of methoxy groups -OCH3 is 1. The minimum atomic E-state index is -0.553. The first-order valence-electron chi connectivity index (χ1n) is 9.40. The van der Waals surface area contributed by atoms with Crippen molar-refractivity contribution in [1.82, 2.24) is 14.9 Å². The van der Waals surface area contributed by atoms with Crippen LogP contribution < -0.4 is 5.56 Å². The summed E-state index contributed by atoms with van der Waals surface area (Å²) in [7, 11) is 1.58. The van der Waals surface area contributed by atoms with Gasteiger partial charge in [0.25, 0.3) is 5.56 Å². The minimum Gasteiger partial charge on any atom is -0.389 e. The number of aliphatic hydroxyl groups is 1. The largest absolute Gasteiger partial charge is 0.389 e. The number of aliphatic hydroxyl groups excluding tert-OH is 1. The number of rotatable bonds is 8. The standard InChI is InChI=1S/C19H29N3O3S/c1-12(2)8-22(9-13(23)11-25-3)10-16-20-18(24)17-14-6-4-5-7-15(14)26-19(17)21-16/h12-13,23H,4-11H2,1-3H3,(H,20,21,24)/t13-/m0/s1. The second-order valence-electron chi connectivity index (χ2n) is 7.60. The van der Waals surface area contributed by atoms with E-state index < -0.39 is 6.10 Å². The molecule has 2 N–H and O–H groups in total. The third kappa shape index (κ3) is 4.52. The molecular formula is C19H29N3O3S. The van der Waals surface area contributed by atoms with E-state index in [4.69, 9.17) is 9.72 Å². The van der Waals surface area contributed by atoms with E-state index in [-0.39, 0.29) is 5.56 Å². The van der Waals surface area contributed by atoms with Crippen LogP contribution in [0, 0.1) is 5.92 Å². The lowest BCUT2D eigenvalue weighted by atomic mass is 9.97. The summed E-state index contributed by atoms with van der Waals surface area (Å²) in [5, 5.41) is 10.9. The first kappa shape index (κ1) is 19.5. The van der Waals surface area contributed by atoms with Crippen LogP contribution >= 0.6 is 11.3 Å².